The number of hydrogen-bond acceptors (Lipinski definition) is 6. The molecule has 2 heterocycles. The van der Waals surface area contributed by atoms with Gasteiger partial charge in [0.1, 0.15) is 6.04 Å². The molecule has 164 valence electrons. The molecule has 8 nitrogen and oxygen atoms in total. The lowest BCUT2D eigenvalue weighted by atomic mass is 10.0. The van der Waals surface area contributed by atoms with Crippen LogP contribution in [0, 0.1) is 5.92 Å². The van der Waals surface area contributed by atoms with Crippen LogP contribution in [0.3, 0.4) is 0 Å². The molecule has 0 radical (unpaired) electrons. The van der Waals surface area contributed by atoms with Gasteiger partial charge in [0.05, 0.1) is 0 Å². The van der Waals surface area contributed by atoms with Crippen molar-refractivity contribution >= 4 is 11.8 Å². The molecule has 0 aliphatic carbocycles. The highest BCUT2D eigenvalue weighted by atomic mass is 16.5. The first-order valence-corrected chi connectivity index (χ1v) is 10.8. The second kappa shape index (κ2) is 12.0. The Labute approximate surface area is 178 Å². The minimum atomic E-state index is -0.386. The maximum absolute atomic E-state index is 12.5. The van der Waals surface area contributed by atoms with Crippen LogP contribution in [-0.2, 0) is 9.59 Å². The molecule has 0 saturated carbocycles. The van der Waals surface area contributed by atoms with Gasteiger partial charge in [-0.25, -0.2) is 0 Å². The molecule has 2 amide bonds. The number of nitrogens with zero attached hydrogens (tertiary/aromatic N) is 4. The molecule has 0 aliphatic heterocycles. The summed E-state index contributed by atoms with van der Waals surface area (Å²) in [7, 11) is 0. The predicted octanol–water partition coefficient (Wildman–Crippen LogP) is 3.76. The molecule has 0 saturated heterocycles. The highest BCUT2D eigenvalue weighted by Gasteiger charge is 2.25. The highest BCUT2D eigenvalue weighted by Crippen LogP contribution is 2.23. The van der Waals surface area contributed by atoms with E-state index in [0.29, 0.717) is 24.6 Å². The molecule has 1 N–H and O–H groups in total. The standard InChI is InChI=1S/C22H33N5O3/c1-5-13-27(14-6-2)19(29)11-7-10-18(28)24-20(16(3)4)22-25-21(26-30-22)17-9-8-12-23-15-17/h8-9,12,15-16,20H,5-7,10-11,13-14H2,1-4H3,(H,24,28). The van der Waals surface area contributed by atoms with Gasteiger partial charge in [-0.2, -0.15) is 4.98 Å². The molecule has 1 unspecified atom stereocenters. The number of rotatable bonds is 12. The number of amides is 2. The zero-order valence-corrected chi connectivity index (χ0v) is 18.4. The molecule has 8 heteroatoms. The normalized spacial score (nSPS) is 12.0. The Kier molecular flexibility index (Phi) is 9.44. The van der Waals surface area contributed by atoms with Crippen LogP contribution < -0.4 is 5.32 Å². The monoisotopic (exact) mass is 415 g/mol. The van der Waals surface area contributed by atoms with E-state index in [0.717, 1.165) is 31.5 Å². The van der Waals surface area contributed by atoms with Crippen molar-refractivity contribution in [2.45, 2.75) is 65.8 Å². The van der Waals surface area contributed by atoms with Crippen molar-refractivity contribution < 1.29 is 14.1 Å². The average Bonchev–Trinajstić information content (AvgIpc) is 3.22. The zero-order valence-electron chi connectivity index (χ0n) is 18.4. The molecule has 0 aromatic carbocycles. The van der Waals surface area contributed by atoms with Crippen LogP contribution >= 0.6 is 0 Å². The summed E-state index contributed by atoms with van der Waals surface area (Å²) in [5, 5.41) is 6.98. The number of carbonyl (C=O) groups excluding carboxylic acids is 2. The van der Waals surface area contributed by atoms with Crippen LogP contribution in [0.1, 0.15) is 71.7 Å². The van der Waals surface area contributed by atoms with E-state index in [1.165, 1.54) is 0 Å². The van der Waals surface area contributed by atoms with Crippen molar-refractivity contribution in [2.75, 3.05) is 13.1 Å². The fourth-order valence-corrected chi connectivity index (χ4v) is 3.19. The van der Waals surface area contributed by atoms with Crippen LogP contribution in [0.2, 0.25) is 0 Å². The number of pyridine rings is 1. The third kappa shape index (κ3) is 6.93. The summed E-state index contributed by atoms with van der Waals surface area (Å²) in [5.41, 5.74) is 0.753. The molecule has 0 spiro atoms. The maximum Gasteiger partial charge on any atom is 0.249 e. The van der Waals surface area contributed by atoms with Crippen molar-refractivity contribution in [2.24, 2.45) is 5.92 Å². The largest absolute Gasteiger partial charge is 0.344 e. The summed E-state index contributed by atoms with van der Waals surface area (Å²) < 4.78 is 5.41. The van der Waals surface area contributed by atoms with Crippen molar-refractivity contribution in [1.29, 1.82) is 0 Å². The lowest BCUT2D eigenvalue weighted by molar-refractivity contribution is -0.131. The minimum Gasteiger partial charge on any atom is -0.344 e. The van der Waals surface area contributed by atoms with Crippen LogP contribution in [0.25, 0.3) is 11.4 Å². The second-order valence-corrected chi connectivity index (χ2v) is 7.72. The van der Waals surface area contributed by atoms with Crippen molar-refractivity contribution in [3.63, 3.8) is 0 Å². The summed E-state index contributed by atoms with van der Waals surface area (Å²) in [6, 6.07) is 3.26. The molecule has 2 aromatic heterocycles. The molecule has 2 aromatic rings. The molecule has 2 rings (SSSR count). The Balaban J connectivity index is 1.90. The van der Waals surface area contributed by atoms with E-state index in [2.05, 4.69) is 34.3 Å². The van der Waals surface area contributed by atoms with E-state index in [9.17, 15) is 9.59 Å². The predicted molar refractivity (Wildman–Crippen MR) is 114 cm³/mol. The Morgan fingerprint density at radius 2 is 1.90 bits per heavy atom. The van der Waals surface area contributed by atoms with E-state index in [1.807, 2.05) is 24.8 Å². The molecule has 30 heavy (non-hydrogen) atoms. The van der Waals surface area contributed by atoms with Gasteiger partial charge in [0.2, 0.25) is 23.5 Å². The summed E-state index contributed by atoms with van der Waals surface area (Å²) in [6.07, 6.45) is 6.40. The first-order chi connectivity index (χ1) is 14.5. The van der Waals surface area contributed by atoms with Gasteiger partial charge in [-0.05, 0) is 37.3 Å². The topological polar surface area (TPSA) is 101 Å². The highest BCUT2D eigenvalue weighted by molar-refractivity contribution is 5.79. The number of aromatic nitrogens is 3. The molecule has 0 aliphatic rings. The average molecular weight is 416 g/mol. The van der Waals surface area contributed by atoms with E-state index in [1.54, 1.807) is 18.5 Å². The first-order valence-electron chi connectivity index (χ1n) is 10.8. The number of nitrogens with one attached hydrogen (secondary N) is 1. The van der Waals surface area contributed by atoms with Gasteiger partial charge >= 0.3 is 0 Å². The summed E-state index contributed by atoms with van der Waals surface area (Å²) in [6.45, 7) is 9.63. The van der Waals surface area contributed by atoms with Gasteiger partial charge in [-0.1, -0.05) is 32.9 Å². The molecular weight excluding hydrogens is 382 g/mol. The molecule has 0 bridgehead atoms. The van der Waals surface area contributed by atoms with Gasteiger partial charge in [-0.3, -0.25) is 14.6 Å². The second-order valence-electron chi connectivity index (χ2n) is 7.72. The van der Waals surface area contributed by atoms with Gasteiger partial charge in [0.15, 0.2) is 0 Å². The molecule has 1 atom stereocenters. The Morgan fingerprint density at radius 1 is 1.17 bits per heavy atom. The summed E-state index contributed by atoms with van der Waals surface area (Å²) >= 11 is 0. The van der Waals surface area contributed by atoms with Crippen molar-refractivity contribution in [3.8, 4) is 11.4 Å². The Morgan fingerprint density at radius 3 is 2.50 bits per heavy atom. The zero-order chi connectivity index (χ0) is 21.9. The third-order valence-electron chi connectivity index (χ3n) is 4.74. The van der Waals surface area contributed by atoms with Crippen LogP contribution in [0.15, 0.2) is 29.0 Å². The van der Waals surface area contributed by atoms with Gasteiger partial charge in [0, 0.05) is 43.9 Å². The minimum absolute atomic E-state index is 0.0716. The lowest BCUT2D eigenvalue weighted by Gasteiger charge is -2.21. The third-order valence-corrected chi connectivity index (χ3v) is 4.74. The fourth-order valence-electron chi connectivity index (χ4n) is 3.19. The van der Waals surface area contributed by atoms with Crippen LogP contribution in [-0.4, -0.2) is 44.9 Å². The van der Waals surface area contributed by atoms with Gasteiger partial charge in [0.25, 0.3) is 0 Å². The molecular formula is C22H33N5O3. The summed E-state index contributed by atoms with van der Waals surface area (Å²) in [4.78, 5) is 35.2. The lowest BCUT2D eigenvalue weighted by Crippen LogP contribution is -2.33. The van der Waals surface area contributed by atoms with Crippen molar-refractivity contribution in [1.82, 2.24) is 25.3 Å². The van der Waals surface area contributed by atoms with Gasteiger partial charge < -0.3 is 14.7 Å². The Bertz CT molecular complexity index is 785. The van der Waals surface area contributed by atoms with Crippen LogP contribution in [0.4, 0.5) is 0 Å². The maximum atomic E-state index is 12.5. The van der Waals surface area contributed by atoms with E-state index in [4.69, 9.17) is 4.52 Å². The smallest absolute Gasteiger partial charge is 0.249 e. The number of hydrogen-bond donors (Lipinski definition) is 1. The van der Waals surface area contributed by atoms with Crippen molar-refractivity contribution in [3.05, 3.63) is 30.4 Å². The first kappa shape index (κ1) is 23.5. The van der Waals surface area contributed by atoms with Gasteiger partial charge in [-0.15, -0.1) is 0 Å². The number of carbonyl (C=O) groups is 2. The SMILES string of the molecule is CCCN(CCC)C(=O)CCCC(=O)NC(c1nc(-c2cccnc2)no1)C(C)C. The van der Waals surface area contributed by atoms with Crippen LogP contribution in [0.5, 0.6) is 0 Å². The molecule has 0 fully saturated rings. The van der Waals surface area contributed by atoms with E-state index >= 15 is 0 Å². The van der Waals surface area contributed by atoms with E-state index in [-0.39, 0.29) is 30.2 Å². The van der Waals surface area contributed by atoms with E-state index < -0.39 is 0 Å². The quantitative estimate of drug-likeness (QED) is 0.566. The fraction of sp³-hybridized carbons (Fsp3) is 0.591. The summed E-state index contributed by atoms with van der Waals surface area (Å²) in [5.74, 6) is 0.869. The Hall–Kier alpha value is -2.77.